The molecule has 0 fully saturated rings. The van der Waals surface area contributed by atoms with Crippen molar-refractivity contribution < 1.29 is 23.4 Å². The van der Waals surface area contributed by atoms with Crippen LogP contribution in [0.3, 0.4) is 0 Å². The molecule has 0 saturated carbocycles. The predicted molar refractivity (Wildman–Crippen MR) is 92.3 cm³/mol. The van der Waals surface area contributed by atoms with Crippen molar-refractivity contribution in [3.8, 4) is 11.5 Å². The summed E-state index contributed by atoms with van der Waals surface area (Å²) in [7, 11) is 1.51. The molecule has 5 nitrogen and oxygen atoms in total. The van der Waals surface area contributed by atoms with E-state index in [0.717, 1.165) is 5.75 Å². The van der Waals surface area contributed by atoms with E-state index in [2.05, 4.69) is 5.32 Å². The molecule has 134 valence electrons. The Bertz CT molecular complexity index is 675. The summed E-state index contributed by atoms with van der Waals surface area (Å²) in [5.41, 5.74) is 0.662. The van der Waals surface area contributed by atoms with E-state index in [-0.39, 0.29) is 24.9 Å². The molecule has 0 aliphatic carbocycles. The van der Waals surface area contributed by atoms with Crippen LogP contribution < -0.4 is 14.8 Å². The first kappa shape index (κ1) is 18.7. The average Bonchev–Trinajstić information content (AvgIpc) is 2.62. The molecule has 0 aliphatic rings. The number of hydrogen-bond donors (Lipinski definition) is 1. The van der Waals surface area contributed by atoms with Crippen LogP contribution in [0.15, 0.2) is 48.5 Å². The fourth-order valence-corrected chi connectivity index (χ4v) is 2.25. The summed E-state index contributed by atoms with van der Waals surface area (Å²) in [4.78, 5) is 11.9. The number of amides is 1. The number of methoxy groups -OCH3 is 1. The highest BCUT2D eigenvalue weighted by Crippen LogP contribution is 2.18. The predicted octanol–water partition coefficient (Wildman–Crippen LogP) is 3.11. The molecule has 2 rings (SSSR count). The maximum atomic E-state index is 13.3. The monoisotopic (exact) mass is 347 g/mol. The second kappa shape index (κ2) is 9.64. The van der Waals surface area contributed by atoms with Gasteiger partial charge in [-0.15, -0.1) is 0 Å². The Kier molecular flexibility index (Phi) is 7.22. The Morgan fingerprint density at radius 1 is 1.12 bits per heavy atom. The van der Waals surface area contributed by atoms with Crippen molar-refractivity contribution in [3.05, 3.63) is 59.9 Å². The SMILES string of the molecule is CCOc1ccc(OCC(=O)NCC(OC)c2cccc(F)c2)cc1. The van der Waals surface area contributed by atoms with Crippen molar-refractivity contribution in [3.63, 3.8) is 0 Å². The lowest BCUT2D eigenvalue weighted by Gasteiger charge is -2.16. The smallest absolute Gasteiger partial charge is 0.258 e. The van der Waals surface area contributed by atoms with E-state index in [9.17, 15) is 9.18 Å². The molecule has 1 unspecified atom stereocenters. The lowest BCUT2D eigenvalue weighted by atomic mass is 10.1. The molecule has 1 amide bonds. The van der Waals surface area contributed by atoms with Gasteiger partial charge < -0.3 is 19.5 Å². The highest BCUT2D eigenvalue weighted by atomic mass is 19.1. The van der Waals surface area contributed by atoms with Crippen LogP contribution in [0.5, 0.6) is 11.5 Å². The molecule has 0 heterocycles. The average molecular weight is 347 g/mol. The van der Waals surface area contributed by atoms with Crippen molar-refractivity contribution in [2.45, 2.75) is 13.0 Å². The van der Waals surface area contributed by atoms with Gasteiger partial charge >= 0.3 is 0 Å². The second-order valence-corrected chi connectivity index (χ2v) is 5.28. The molecule has 1 N–H and O–H groups in total. The number of halogens is 1. The highest BCUT2D eigenvalue weighted by Gasteiger charge is 2.13. The van der Waals surface area contributed by atoms with E-state index < -0.39 is 6.10 Å². The van der Waals surface area contributed by atoms with Crippen molar-refractivity contribution in [2.24, 2.45) is 0 Å². The Labute approximate surface area is 146 Å². The maximum absolute atomic E-state index is 13.3. The minimum atomic E-state index is -0.426. The van der Waals surface area contributed by atoms with Gasteiger partial charge in [0.15, 0.2) is 6.61 Å². The summed E-state index contributed by atoms with van der Waals surface area (Å²) in [5, 5.41) is 2.72. The number of rotatable bonds is 9. The minimum absolute atomic E-state index is 0.117. The zero-order valence-corrected chi connectivity index (χ0v) is 14.3. The lowest BCUT2D eigenvalue weighted by Crippen LogP contribution is -2.33. The number of carbonyl (C=O) groups excluding carboxylic acids is 1. The number of benzene rings is 2. The van der Waals surface area contributed by atoms with E-state index in [1.807, 2.05) is 6.92 Å². The molecule has 6 heteroatoms. The van der Waals surface area contributed by atoms with E-state index >= 15 is 0 Å². The molecule has 0 aromatic heterocycles. The van der Waals surface area contributed by atoms with Gasteiger partial charge in [-0.25, -0.2) is 4.39 Å². The van der Waals surface area contributed by atoms with Gasteiger partial charge in [-0.2, -0.15) is 0 Å². The topological polar surface area (TPSA) is 56.8 Å². The van der Waals surface area contributed by atoms with E-state index in [1.54, 1.807) is 36.4 Å². The number of ether oxygens (including phenoxy) is 3. The van der Waals surface area contributed by atoms with E-state index in [1.165, 1.54) is 19.2 Å². The third kappa shape index (κ3) is 6.08. The van der Waals surface area contributed by atoms with E-state index in [0.29, 0.717) is 17.9 Å². The van der Waals surface area contributed by atoms with E-state index in [4.69, 9.17) is 14.2 Å². The first-order valence-corrected chi connectivity index (χ1v) is 8.03. The van der Waals surface area contributed by atoms with Crippen molar-refractivity contribution in [1.29, 1.82) is 0 Å². The fraction of sp³-hybridized carbons (Fsp3) is 0.316. The van der Waals surface area contributed by atoms with Crippen molar-refractivity contribution >= 4 is 5.91 Å². The van der Waals surface area contributed by atoms with Crippen LogP contribution in [-0.2, 0) is 9.53 Å². The quantitative estimate of drug-likeness (QED) is 0.757. The summed E-state index contributed by atoms with van der Waals surface area (Å²) < 4.78 is 29.3. The maximum Gasteiger partial charge on any atom is 0.258 e. The molecule has 2 aromatic carbocycles. The Morgan fingerprint density at radius 3 is 2.40 bits per heavy atom. The molecular weight excluding hydrogens is 325 g/mol. The van der Waals surface area contributed by atoms with Crippen molar-refractivity contribution in [2.75, 3.05) is 26.9 Å². The van der Waals surface area contributed by atoms with Gasteiger partial charge in [-0.1, -0.05) is 12.1 Å². The standard InChI is InChI=1S/C19H22FNO4/c1-3-24-16-7-9-17(10-8-16)25-13-19(22)21-12-18(23-2)14-5-4-6-15(20)11-14/h4-11,18H,3,12-13H2,1-2H3,(H,21,22). The summed E-state index contributed by atoms with van der Waals surface area (Å²) in [6.07, 6.45) is -0.426. The first-order valence-electron chi connectivity index (χ1n) is 8.03. The third-order valence-electron chi connectivity index (χ3n) is 3.49. The highest BCUT2D eigenvalue weighted by molar-refractivity contribution is 5.77. The Morgan fingerprint density at radius 2 is 1.80 bits per heavy atom. The van der Waals surface area contributed by atoms with Crippen LogP contribution in [0.4, 0.5) is 4.39 Å². The fourth-order valence-electron chi connectivity index (χ4n) is 2.25. The zero-order chi connectivity index (χ0) is 18.1. The largest absolute Gasteiger partial charge is 0.494 e. The van der Waals surface area contributed by atoms with Gasteiger partial charge in [0.2, 0.25) is 0 Å². The van der Waals surface area contributed by atoms with Crippen LogP contribution in [0.2, 0.25) is 0 Å². The lowest BCUT2D eigenvalue weighted by molar-refractivity contribution is -0.123. The number of nitrogens with one attached hydrogen (secondary N) is 1. The first-order chi connectivity index (χ1) is 12.1. The molecule has 0 saturated heterocycles. The normalized spacial score (nSPS) is 11.6. The second-order valence-electron chi connectivity index (χ2n) is 5.28. The van der Waals surface area contributed by atoms with Gasteiger partial charge in [0, 0.05) is 13.7 Å². The summed E-state index contributed by atoms with van der Waals surface area (Å²) in [6, 6.07) is 13.1. The Hall–Kier alpha value is -2.60. The van der Waals surface area contributed by atoms with Crippen LogP contribution >= 0.6 is 0 Å². The Balaban J connectivity index is 1.79. The summed E-state index contributed by atoms with van der Waals surface area (Å²) in [6.45, 7) is 2.61. The van der Waals surface area contributed by atoms with Gasteiger partial charge in [0.25, 0.3) is 5.91 Å². The van der Waals surface area contributed by atoms with Crippen molar-refractivity contribution in [1.82, 2.24) is 5.32 Å². The molecule has 0 bridgehead atoms. The van der Waals surface area contributed by atoms with Gasteiger partial charge in [-0.05, 0) is 48.9 Å². The number of hydrogen-bond acceptors (Lipinski definition) is 4. The van der Waals surface area contributed by atoms with Gasteiger partial charge in [-0.3, -0.25) is 4.79 Å². The molecule has 0 aliphatic heterocycles. The molecule has 1 atom stereocenters. The molecule has 0 radical (unpaired) electrons. The van der Waals surface area contributed by atoms with Crippen LogP contribution in [0, 0.1) is 5.82 Å². The summed E-state index contributed by atoms with van der Waals surface area (Å²) >= 11 is 0. The molecule has 0 spiro atoms. The molecule has 25 heavy (non-hydrogen) atoms. The van der Waals surface area contributed by atoms with Crippen LogP contribution in [0.25, 0.3) is 0 Å². The van der Waals surface area contributed by atoms with Gasteiger partial charge in [0.1, 0.15) is 17.3 Å². The zero-order valence-electron chi connectivity index (χ0n) is 14.3. The van der Waals surface area contributed by atoms with Crippen LogP contribution in [-0.4, -0.2) is 32.8 Å². The minimum Gasteiger partial charge on any atom is -0.494 e. The van der Waals surface area contributed by atoms with Crippen LogP contribution in [0.1, 0.15) is 18.6 Å². The van der Waals surface area contributed by atoms with Gasteiger partial charge in [0.05, 0.1) is 12.7 Å². The number of carbonyl (C=O) groups is 1. The third-order valence-corrected chi connectivity index (χ3v) is 3.49. The summed E-state index contributed by atoms with van der Waals surface area (Å²) in [5.74, 6) is 0.696. The molecule has 2 aromatic rings. The molecular formula is C19H22FNO4.